The first-order valence-corrected chi connectivity index (χ1v) is 8.55. The van der Waals surface area contributed by atoms with Crippen LogP contribution in [0.15, 0.2) is 29.1 Å². The van der Waals surface area contributed by atoms with Crippen LogP contribution in [0.25, 0.3) is 0 Å². The standard InChI is InChI=1S/C16H18BrN3O2/c17-15-9-13(3-6-18-15)22-14-10-20(12-1-2-12)19-16(14)11-4-7-21-8-5-11/h3,6,9-12H,1-2,4-5,7-8H2. The molecule has 0 aromatic carbocycles. The second kappa shape index (κ2) is 6.01. The molecular formula is C16H18BrN3O2. The fourth-order valence-electron chi connectivity index (χ4n) is 2.82. The zero-order valence-corrected chi connectivity index (χ0v) is 13.8. The van der Waals surface area contributed by atoms with Crippen LogP contribution >= 0.6 is 15.9 Å². The summed E-state index contributed by atoms with van der Waals surface area (Å²) in [5.41, 5.74) is 1.07. The molecule has 1 saturated carbocycles. The Morgan fingerprint density at radius 3 is 2.77 bits per heavy atom. The molecule has 1 aliphatic heterocycles. The van der Waals surface area contributed by atoms with E-state index in [9.17, 15) is 0 Å². The van der Waals surface area contributed by atoms with E-state index in [0.29, 0.717) is 12.0 Å². The number of halogens is 1. The van der Waals surface area contributed by atoms with Crippen LogP contribution in [0, 0.1) is 0 Å². The summed E-state index contributed by atoms with van der Waals surface area (Å²) in [6, 6.07) is 4.30. The quantitative estimate of drug-likeness (QED) is 0.768. The third kappa shape index (κ3) is 3.03. The lowest BCUT2D eigenvalue weighted by Crippen LogP contribution is -2.15. The number of hydrogen-bond acceptors (Lipinski definition) is 4. The highest BCUT2D eigenvalue weighted by Gasteiger charge is 2.29. The van der Waals surface area contributed by atoms with Crippen LogP contribution in [0.5, 0.6) is 11.5 Å². The summed E-state index contributed by atoms with van der Waals surface area (Å²) >= 11 is 3.38. The van der Waals surface area contributed by atoms with Crippen LogP contribution in [-0.4, -0.2) is 28.0 Å². The number of aromatic nitrogens is 3. The number of rotatable bonds is 4. The van der Waals surface area contributed by atoms with Gasteiger partial charge in [-0.15, -0.1) is 0 Å². The van der Waals surface area contributed by atoms with Crippen LogP contribution in [0.2, 0.25) is 0 Å². The molecule has 0 radical (unpaired) electrons. The van der Waals surface area contributed by atoms with Crippen molar-refractivity contribution < 1.29 is 9.47 Å². The lowest BCUT2D eigenvalue weighted by Gasteiger charge is -2.21. The molecule has 5 nitrogen and oxygen atoms in total. The molecule has 2 fully saturated rings. The van der Waals surface area contributed by atoms with Gasteiger partial charge in [-0.25, -0.2) is 4.98 Å². The first kappa shape index (κ1) is 14.2. The average Bonchev–Trinajstić information content (AvgIpc) is 3.30. The van der Waals surface area contributed by atoms with Gasteiger partial charge in [0.15, 0.2) is 5.75 Å². The van der Waals surface area contributed by atoms with E-state index in [-0.39, 0.29) is 0 Å². The van der Waals surface area contributed by atoms with Gasteiger partial charge in [0, 0.05) is 31.4 Å². The molecule has 0 spiro atoms. The van der Waals surface area contributed by atoms with Gasteiger partial charge in [0.1, 0.15) is 16.0 Å². The predicted molar refractivity (Wildman–Crippen MR) is 85.3 cm³/mol. The van der Waals surface area contributed by atoms with Crippen molar-refractivity contribution in [3.05, 3.63) is 34.8 Å². The molecule has 6 heteroatoms. The smallest absolute Gasteiger partial charge is 0.168 e. The highest BCUT2D eigenvalue weighted by atomic mass is 79.9. The van der Waals surface area contributed by atoms with Gasteiger partial charge in [-0.2, -0.15) is 5.10 Å². The van der Waals surface area contributed by atoms with Crippen LogP contribution in [0.1, 0.15) is 43.3 Å². The van der Waals surface area contributed by atoms with Gasteiger partial charge in [0.2, 0.25) is 0 Å². The fourth-order valence-corrected chi connectivity index (χ4v) is 3.17. The molecule has 0 bridgehead atoms. The maximum atomic E-state index is 6.11. The summed E-state index contributed by atoms with van der Waals surface area (Å²) in [4.78, 5) is 4.14. The topological polar surface area (TPSA) is 49.2 Å². The Balaban J connectivity index is 1.63. The van der Waals surface area contributed by atoms with E-state index in [1.54, 1.807) is 6.20 Å². The lowest BCUT2D eigenvalue weighted by molar-refractivity contribution is 0.0839. The molecule has 2 aromatic heterocycles. The van der Waals surface area contributed by atoms with Crippen molar-refractivity contribution in [3.63, 3.8) is 0 Å². The molecule has 0 amide bonds. The SMILES string of the molecule is Brc1cc(Oc2cn(C3CC3)nc2C2CCOCC2)ccn1. The lowest BCUT2D eigenvalue weighted by atomic mass is 9.96. The van der Waals surface area contributed by atoms with Gasteiger partial charge in [0.05, 0.1) is 12.2 Å². The Morgan fingerprint density at radius 1 is 1.23 bits per heavy atom. The molecule has 22 heavy (non-hydrogen) atoms. The van der Waals surface area contributed by atoms with Crippen molar-refractivity contribution >= 4 is 15.9 Å². The van der Waals surface area contributed by atoms with Gasteiger partial charge in [-0.05, 0) is 47.7 Å². The second-order valence-electron chi connectivity index (χ2n) is 5.89. The molecular weight excluding hydrogens is 346 g/mol. The van der Waals surface area contributed by atoms with E-state index in [2.05, 4.69) is 31.8 Å². The average molecular weight is 364 g/mol. The molecule has 116 valence electrons. The fraction of sp³-hybridized carbons (Fsp3) is 0.500. The Morgan fingerprint density at radius 2 is 2.05 bits per heavy atom. The maximum absolute atomic E-state index is 6.11. The monoisotopic (exact) mass is 363 g/mol. The van der Waals surface area contributed by atoms with Crippen LogP contribution in [0.3, 0.4) is 0 Å². The summed E-state index contributed by atoms with van der Waals surface area (Å²) in [6.45, 7) is 1.61. The first-order valence-electron chi connectivity index (χ1n) is 7.76. The molecule has 0 N–H and O–H groups in total. The summed E-state index contributed by atoms with van der Waals surface area (Å²) in [5.74, 6) is 2.08. The normalized spacial score (nSPS) is 19.3. The number of pyridine rings is 1. The molecule has 2 aliphatic rings. The Hall–Kier alpha value is -1.40. The second-order valence-corrected chi connectivity index (χ2v) is 6.71. The van der Waals surface area contributed by atoms with Crippen molar-refractivity contribution in [2.45, 2.75) is 37.6 Å². The minimum Gasteiger partial charge on any atom is -0.454 e. The molecule has 1 aliphatic carbocycles. The van der Waals surface area contributed by atoms with Crippen molar-refractivity contribution in [1.29, 1.82) is 0 Å². The van der Waals surface area contributed by atoms with E-state index in [1.807, 2.05) is 12.1 Å². The Bertz CT molecular complexity index is 663. The summed E-state index contributed by atoms with van der Waals surface area (Å²) < 4.78 is 14.4. The molecule has 3 heterocycles. The zero-order chi connectivity index (χ0) is 14.9. The number of ether oxygens (including phenoxy) is 2. The van der Waals surface area contributed by atoms with Crippen molar-refractivity contribution in [2.24, 2.45) is 0 Å². The third-order valence-electron chi connectivity index (χ3n) is 4.18. The van der Waals surface area contributed by atoms with Crippen LogP contribution < -0.4 is 4.74 Å². The summed E-state index contributed by atoms with van der Waals surface area (Å²) in [6.07, 6.45) is 8.25. The Kier molecular flexibility index (Phi) is 3.88. The molecule has 0 unspecified atom stereocenters. The zero-order valence-electron chi connectivity index (χ0n) is 12.2. The van der Waals surface area contributed by atoms with Crippen LogP contribution in [-0.2, 0) is 4.74 Å². The molecule has 0 atom stereocenters. The van der Waals surface area contributed by atoms with E-state index in [4.69, 9.17) is 14.6 Å². The van der Waals surface area contributed by atoms with E-state index < -0.39 is 0 Å². The van der Waals surface area contributed by atoms with E-state index in [1.165, 1.54) is 12.8 Å². The highest BCUT2D eigenvalue weighted by molar-refractivity contribution is 9.10. The minimum atomic E-state index is 0.425. The summed E-state index contributed by atoms with van der Waals surface area (Å²) in [5, 5.41) is 4.82. The third-order valence-corrected chi connectivity index (χ3v) is 4.61. The van der Waals surface area contributed by atoms with E-state index >= 15 is 0 Å². The van der Waals surface area contributed by atoms with Crippen molar-refractivity contribution in [3.8, 4) is 11.5 Å². The van der Waals surface area contributed by atoms with Gasteiger partial charge in [0.25, 0.3) is 0 Å². The molecule has 4 rings (SSSR count). The van der Waals surface area contributed by atoms with E-state index in [0.717, 1.165) is 47.9 Å². The number of hydrogen-bond donors (Lipinski definition) is 0. The number of nitrogens with zero attached hydrogens (tertiary/aromatic N) is 3. The van der Waals surface area contributed by atoms with Crippen molar-refractivity contribution in [2.75, 3.05) is 13.2 Å². The van der Waals surface area contributed by atoms with Gasteiger partial charge in [-0.1, -0.05) is 0 Å². The van der Waals surface area contributed by atoms with Gasteiger partial charge >= 0.3 is 0 Å². The largest absolute Gasteiger partial charge is 0.454 e. The molecule has 2 aromatic rings. The van der Waals surface area contributed by atoms with Crippen LogP contribution in [0.4, 0.5) is 0 Å². The van der Waals surface area contributed by atoms with Gasteiger partial charge in [-0.3, -0.25) is 4.68 Å². The van der Waals surface area contributed by atoms with Crippen molar-refractivity contribution in [1.82, 2.24) is 14.8 Å². The predicted octanol–water partition coefficient (Wildman–Crippen LogP) is 4.06. The molecule has 1 saturated heterocycles. The summed E-state index contributed by atoms with van der Waals surface area (Å²) in [7, 11) is 0. The Labute approximate surface area is 137 Å². The minimum absolute atomic E-state index is 0.425. The highest BCUT2D eigenvalue weighted by Crippen LogP contribution is 2.40. The first-order chi connectivity index (χ1) is 10.8. The van der Waals surface area contributed by atoms with Gasteiger partial charge < -0.3 is 9.47 Å². The maximum Gasteiger partial charge on any atom is 0.168 e.